The summed E-state index contributed by atoms with van der Waals surface area (Å²) in [4.78, 5) is 225. The van der Waals surface area contributed by atoms with Crippen LogP contribution in [0.4, 0.5) is 0 Å². The molecule has 666 valence electrons. The second-order valence-electron chi connectivity index (χ2n) is 28.9. The summed E-state index contributed by atoms with van der Waals surface area (Å²) in [5.74, 6) is -13.8. The molecule has 2 aromatic heterocycles. The van der Waals surface area contributed by atoms with E-state index in [1.807, 2.05) is 12.1 Å². The molecule has 4 aromatic rings. The highest BCUT2D eigenvalue weighted by molar-refractivity contribution is 6.00. The van der Waals surface area contributed by atoms with Crippen molar-refractivity contribution in [3.8, 4) is 0 Å². The molecule has 4 heterocycles. The Morgan fingerprint density at radius 2 is 1.26 bits per heavy atom. The number of carbonyl (C=O) groups excluding carboxylic acids is 15. The number of nitrogens with one attached hydrogen (secondary N) is 14. The molecule has 2 saturated heterocycles. The van der Waals surface area contributed by atoms with Gasteiger partial charge in [-0.15, -0.1) is 0 Å². The maximum atomic E-state index is 15.3. The molecule has 6 rings (SSSR count). The number of nitrogens with two attached hydrogens (primary N) is 6. The average molecular weight is 1700 g/mol. The fourth-order valence-electron chi connectivity index (χ4n) is 13.0. The molecule has 15 amide bonds. The molecule has 121 heavy (non-hydrogen) atoms. The molecule has 2 aromatic carbocycles. The van der Waals surface area contributed by atoms with Crippen molar-refractivity contribution in [2.45, 2.75) is 182 Å². The normalized spacial score (nSPS) is 19.7. The van der Waals surface area contributed by atoms with Gasteiger partial charge in [-0.1, -0.05) is 68.3 Å². The Kier molecular flexibility index (Phi) is 42.9. The Morgan fingerprint density at radius 1 is 0.645 bits per heavy atom. The van der Waals surface area contributed by atoms with Crippen LogP contribution in [0.3, 0.4) is 0 Å². The third kappa shape index (κ3) is 34.8. The van der Waals surface area contributed by atoms with Crippen LogP contribution in [0.2, 0.25) is 0 Å². The Morgan fingerprint density at radius 3 is 1.94 bits per heavy atom. The van der Waals surface area contributed by atoms with Crippen molar-refractivity contribution < 1.29 is 101 Å². The third-order valence-electron chi connectivity index (χ3n) is 19.4. The van der Waals surface area contributed by atoms with Gasteiger partial charge in [0.05, 0.1) is 58.7 Å². The zero-order valence-corrected chi connectivity index (χ0v) is 67.7. The topological polar surface area (TPSA) is 694 Å². The fraction of sp³-hybridized carbons (Fsp3) is 0.571. The van der Waals surface area contributed by atoms with Gasteiger partial charge in [-0.3, -0.25) is 76.9 Å². The highest BCUT2D eigenvalue weighted by atomic mass is 16.5. The van der Waals surface area contributed by atoms with E-state index in [9.17, 15) is 77.3 Å². The van der Waals surface area contributed by atoms with E-state index in [-0.39, 0.29) is 141 Å². The van der Waals surface area contributed by atoms with Crippen LogP contribution in [0.5, 0.6) is 0 Å². The van der Waals surface area contributed by atoms with E-state index in [2.05, 4.69) is 83.7 Å². The average Bonchev–Trinajstić information content (AvgIpc) is 1.70. The standard InChI is InChI=1S/C77H117N23O21/c1-2-3-15-52(93-73(114)59(37-79)99-72(113)58(35-47-39-84-44-89-47)97-69(110)54(19-21-62(80)103)94-74(115)60(41-101)90-65(106)43-121-32-30-119-28-26-86-64(105)42-120-31-29-118-27-23-78)67(108)95-55-20-22-63(104)85-24-10-9-17-51(66(81)107)91-71(112)57(34-46-38-88-50-16-8-7-14-49(46)50)96-68(109)53(18-11-25-87-77(82)83)92-70(111)56(33-45-12-5-4-6-13-45)98-75(116)61-36-48(102)40-100(61)76(55)117/h4-8,12-14,16,38-39,44,48,51-61,88,101-102H,2-3,9-11,15,17-37,40-43,78-79H2,1H3,(H2,80,103)(H2,81,107)(H,84,89)(H,85,104)(H,86,105)(H,90,106)(H,91,112)(H,92,111)(H,93,114)(H,94,115)(H,95,108)(H,96,109)(H,97,110)(H,98,116)(H,99,113)(H4,82,83,87)/t48-,51+,52+,53+,54+,55+,56-,57+,58+,59+,60+,61+/m1/s1. The van der Waals surface area contributed by atoms with Gasteiger partial charge in [0, 0.05) is 107 Å². The minimum Gasteiger partial charge on any atom is -0.394 e. The minimum atomic E-state index is -1.70. The van der Waals surface area contributed by atoms with Crippen LogP contribution in [0, 0.1) is 0 Å². The number of hydrogen-bond donors (Lipinski definition) is 22. The molecule has 0 bridgehead atoms. The number of aliphatic hydroxyl groups excluding tert-OH is 2. The molecule has 0 aliphatic carbocycles. The number of aromatic nitrogens is 3. The predicted molar refractivity (Wildman–Crippen MR) is 435 cm³/mol. The first-order chi connectivity index (χ1) is 58.1. The van der Waals surface area contributed by atoms with Gasteiger partial charge in [-0.05, 0) is 68.6 Å². The largest absolute Gasteiger partial charge is 0.394 e. The van der Waals surface area contributed by atoms with Gasteiger partial charge in [-0.2, -0.15) is 0 Å². The van der Waals surface area contributed by atoms with Crippen molar-refractivity contribution >= 4 is 105 Å². The summed E-state index contributed by atoms with van der Waals surface area (Å²) in [5, 5.41) is 53.4. The van der Waals surface area contributed by atoms with E-state index in [4.69, 9.17) is 53.3 Å². The van der Waals surface area contributed by atoms with Crippen molar-refractivity contribution in [2.75, 3.05) is 98.7 Å². The van der Waals surface area contributed by atoms with Crippen LogP contribution in [-0.4, -0.2) is 296 Å². The summed E-state index contributed by atoms with van der Waals surface area (Å²) < 4.78 is 21.1. The zero-order chi connectivity index (χ0) is 88.2. The molecule has 2 aliphatic rings. The minimum absolute atomic E-state index is 0.00587. The number of benzene rings is 2. The number of imidazole rings is 1. The lowest BCUT2D eigenvalue weighted by Crippen LogP contribution is -2.62. The van der Waals surface area contributed by atoms with Crippen molar-refractivity contribution in [2.24, 2.45) is 39.4 Å². The number of nitrogens with zero attached hydrogens (tertiary/aromatic N) is 3. The highest BCUT2D eigenvalue weighted by Crippen LogP contribution is 2.23. The number of carbonyl (C=O) groups is 15. The molecule has 0 unspecified atom stereocenters. The number of ether oxygens (including phenoxy) is 4. The van der Waals surface area contributed by atoms with Crippen molar-refractivity contribution in [3.63, 3.8) is 0 Å². The number of amides is 15. The molecular weight excluding hydrogens is 1580 g/mol. The SMILES string of the molecule is CCCC[C@H](NC(=O)[C@H](CN)NC(=O)[C@H](Cc1cnc[nH]1)NC(=O)[C@H](CCC(N)=O)NC(=O)[C@H](CO)NC(=O)COCCOCCNC(=O)COCCOCCN)C(=O)N[C@H]1CCC(=O)NCCCC[C@@H](C(N)=O)NC(=O)[C@H](Cc2c[nH]c3ccccc23)NC(=O)[C@H](CCCN=C(N)N)NC(=O)[C@@H](Cc2ccccc2)NC(=O)[C@@H]2C[C@@H](O)CN2C1=O. The molecule has 44 nitrogen and oxygen atoms in total. The van der Waals surface area contributed by atoms with Gasteiger partial charge in [-0.25, -0.2) is 4.98 Å². The van der Waals surface area contributed by atoms with E-state index >= 15 is 4.79 Å². The summed E-state index contributed by atoms with van der Waals surface area (Å²) in [7, 11) is 0. The van der Waals surface area contributed by atoms with Gasteiger partial charge in [0.1, 0.15) is 79.7 Å². The van der Waals surface area contributed by atoms with Gasteiger partial charge in [0.25, 0.3) is 0 Å². The lowest BCUT2D eigenvalue weighted by molar-refractivity contribution is -0.143. The first-order valence-corrected chi connectivity index (χ1v) is 40.2. The number of primary amides is 2. The van der Waals surface area contributed by atoms with Gasteiger partial charge >= 0.3 is 0 Å². The summed E-state index contributed by atoms with van der Waals surface area (Å²) in [6.45, 7) is 0.130. The first kappa shape index (κ1) is 98.0. The Balaban J connectivity index is 1.19. The number of unbranched alkanes of at least 4 members (excludes halogenated alkanes) is 1. The van der Waals surface area contributed by atoms with Crippen molar-refractivity contribution in [3.05, 3.63) is 90.1 Å². The van der Waals surface area contributed by atoms with Crippen LogP contribution < -0.4 is 98.2 Å². The second kappa shape index (κ2) is 53.0. The number of aliphatic hydroxyl groups is 2. The van der Waals surface area contributed by atoms with Gasteiger partial charge in [0.2, 0.25) is 88.6 Å². The maximum Gasteiger partial charge on any atom is 0.246 e. The molecule has 44 heteroatoms. The van der Waals surface area contributed by atoms with Gasteiger partial charge < -0.3 is 142 Å². The fourth-order valence-corrected chi connectivity index (χ4v) is 13.0. The molecule has 0 spiro atoms. The molecule has 2 aliphatic heterocycles. The van der Waals surface area contributed by atoms with Gasteiger partial charge in [0.15, 0.2) is 5.96 Å². The van der Waals surface area contributed by atoms with E-state index in [1.165, 1.54) is 12.5 Å². The number of hydrogen-bond acceptors (Lipinski definition) is 25. The molecule has 28 N–H and O–H groups in total. The maximum absolute atomic E-state index is 15.3. The first-order valence-electron chi connectivity index (χ1n) is 40.2. The smallest absolute Gasteiger partial charge is 0.246 e. The second-order valence-corrected chi connectivity index (χ2v) is 28.9. The van der Waals surface area contributed by atoms with Crippen LogP contribution in [-0.2, 0) is 110 Å². The van der Waals surface area contributed by atoms with Crippen LogP contribution in [0.15, 0.2) is 78.3 Å². The number of rotatable bonds is 45. The Hall–Kier alpha value is -11.8. The molecule has 12 atom stereocenters. The lowest BCUT2D eigenvalue weighted by atomic mass is 10.0. The predicted octanol–water partition coefficient (Wildman–Crippen LogP) is -8.10. The van der Waals surface area contributed by atoms with Crippen LogP contribution in [0.1, 0.15) is 107 Å². The number of aliphatic imine (C=N–C) groups is 1. The monoisotopic (exact) mass is 1700 g/mol. The summed E-state index contributed by atoms with van der Waals surface area (Å²) >= 11 is 0. The molecule has 0 radical (unpaired) electrons. The summed E-state index contributed by atoms with van der Waals surface area (Å²) in [6.07, 6.45) is 0.803. The quantitative estimate of drug-likeness (QED) is 0.0111. The number of para-hydroxylation sites is 1. The van der Waals surface area contributed by atoms with E-state index in [0.717, 1.165) is 15.8 Å². The third-order valence-corrected chi connectivity index (χ3v) is 19.4. The van der Waals surface area contributed by atoms with Crippen LogP contribution in [0.25, 0.3) is 10.9 Å². The summed E-state index contributed by atoms with van der Waals surface area (Å²) in [5.41, 5.74) is 36.2. The number of aromatic amines is 2. The van der Waals surface area contributed by atoms with Crippen molar-refractivity contribution in [1.82, 2.24) is 83.7 Å². The van der Waals surface area contributed by atoms with Crippen LogP contribution >= 0.6 is 0 Å². The summed E-state index contributed by atoms with van der Waals surface area (Å²) in [6, 6.07) is -1.53. The molecule has 0 saturated carbocycles. The molecule has 2 fully saturated rings. The van der Waals surface area contributed by atoms with E-state index in [1.54, 1.807) is 55.6 Å². The molecular formula is C77H117N23O21. The highest BCUT2D eigenvalue weighted by Gasteiger charge is 2.44. The van der Waals surface area contributed by atoms with E-state index in [0.29, 0.717) is 30.7 Å². The Labute approximate surface area is 698 Å². The van der Waals surface area contributed by atoms with E-state index < -0.39 is 214 Å². The Bertz CT molecular complexity index is 4080. The zero-order valence-electron chi connectivity index (χ0n) is 67.7. The number of H-pyrrole nitrogens is 2. The lowest BCUT2D eigenvalue weighted by Gasteiger charge is -2.31. The number of guanidine groups is 1. The number of fused-ring (bicyclic) bond motifs is 2. The van der Waals surface area contributed by atoms with Crippen molar-refractivity contribution in [1.29, 1.82) is 0 Å².